The lowest BCUT2D eigenvalue weighted by atomic mass is 9.73. The summed E-state index contributed by atoms with van der Waals surface area (Å²) in [5.41, 5.74) is 2.54. The number of amides is 2. The standard InChI is InChI=1S/C28H33N3O3/c1-20-19-34-25-8-3-2-6-21(25)7-4-5-12-28(27(33)30-20)13-16-31(17-14-28)26(32)23-9-10-24-22(18-23)11-15-29-24/h2-3,6,8-11,15,18,20,29H,4-5,7,12-14,16-17,19H2,1H3,(H,30,33)/t20-/m1/s1. The molecule has 3 heterocycles. The van der Waals surface area contributed by atoms with Crippen molar-refractivity contribution in [2.24, 2.45) is 5.41 Å². The molecule has 0 unspecified atom stereocenters. The molecule has 2 N–H and O–H groups in total. The lowest BCUT2D eigenvalue weighted by Crippen LogP contribution is -2.52. The predicted octanol–water partition coefficient (Wildman–Crippen LogP) is 4.70. The molecule has 0 bridgehead atoms. The molecule has 2 aromatic carbocycles. The van der Waals surface area contributed by atoms with Gasteiger partial charge in [-0.25, -0.2) is 0 Å². The Balaban J connectivity index is 1.28. The van der Waals surface area contributed by atoms with Gasteiger partial charge in [-0.15, -0.1) is 0 Å². The zero-order chi connectivity index (χ0) is 23.5. The molecule has 5 rings (SSSR count). The number of hydrogen-bond acceptors (Lipinski definition) is 3. The Morgan fingerprint density at radius 1 is 1.06 bits per heavy atom. The van der Waals surface area contributed by atoms with E-state index < -0.39 is 5.41 Å². The van der Waals surface area contributed by atoms with Crippen LogP contribution in [0.1, 0.15) is 54.9 Å². The number of rotatable bonds is 1. The Bertz CT molecular complexity index is 1180. The number of hydrogen-bond donors (Lipinski definition) is 2. The number of nitrogens with zero attached hydrogens (tertiary/aromatic N) is 1. The van der Waals surface area contributed by atoms with Crippen LogP contribution < -0.4 is 10.1 Å². The summed E-state index contributed by atoms with van der Waals surface area (Å²) < 4.78 is 6.05. The highest BCUT2D eigenvalue weighted by Gasteiger charge is 2.42. The molecule has 0 radical (unpaired) electrons. The smallest absolute Gasteiger partial charge is 0.253 e. The highest BCUT2D eigenvalue weighted by atomic mass is 16.5. The predicted molar refractivity (Wildman–Crippen MR) is 133 cm³/mol. The molecule has 0 aliphatic carbocycles. The summed E-state index contributed by atoms with van der Waals surface area (Å²) in [4.78, 5) is 31.7. The van der Waals surface area contributed by atoms with Gasteiger partial charge >= 0.3 is 0 Å². The van der Waals surface area contributed by atoms with Crippen LogP contribution in [-0.4, -0.2) is 47.4 Å². The number of aromatic amines is 1. The number of para-hydroxylation sites is 1. The number of H-pyrrole nitrogens is 1. The number of ether oxygens (including phenoxy) is 1. The van der Waals surface area contributed by atoms with E-state index in [9.17, 15) is 9.59 Å². The van der Waals surface area contributed by atoms with Gasteiger partial charge in [-0.05, 0) is 74.9 Å². The second kappa shape index (κ2) is 9.53. The monoisotopic (exact) mass is 459 g/mol. The van der Waals surface area contributed by atoms with Crippen LogP contribution in [0.2, 0.25) is 0 Å². The number of aromatic nitrogens is 1. The van der Waals surface area contributed by atoms with E-state index in [1.165, 1.54) is 5.56 Å². The van der Waals surface area contributed by atoms with Crippen LogP contribution in [-0.2, 0) is 11.2 Å². The van der Waals surface area contributed by atoms with Gasteiger partial charge in [0.2, 0.25) is 5.91 Å². The summed E-state index contributed by atoms with van der Waals surface area (Å²) in [6.45, 7) is 3.65. The first-order valence-electron chi connectivity index (χ1n) is 12.4. The number of likely N-dealkylation sites (tertiary alicyclic amines) is 1. The highest BCUT2D eigenvalue weighted by molar-refractivity contribution is 5.98. The summed E-state index contributed by atoms with van der Waals surface area (Å²) in [6, 6.07) is 15.9. The van der Waals surface area contributed by atoms with Crippen LogP contribution in [0.3, 0.4) is 0 Å². The number of carbonyl (C=O) groups excluding carboxylic acids is 2. The van der Waals surface area contributed by atoms with Crippen LogP contribution in [0, 0.1) is 5.41 Å². The molecule has 1 saturated heterocycles. The first-order valence-corrected chi connectivity index (χ1v) is 12.4. The first-order chi connectivity index (χ1) is 16.5. The molecule has 6 heteroatoms. The third-order valence-electron chi connectivity index (χ3n) is 7.48. The Kier molecular flexibility index (Phi) is 6.31. The van der Waals surface area contributed by atoms with E-state index in [0.29, 0.717) is 38.1 Å². The number of nitrogens with one attached hydrogen (secondary N) is 2. The van der Waals surface area contributed by atoms with Gasteiger partial charge in [0.1, 0.15) is 12.4 Å². The molecular weight excluding hydrogens is 426 g/mol. The molecule has 0 saturated carbocycles. The molecule has 2 aliphatic rings. The average molecular weight is 460 g/mol. The largest absolute Gasteiger partial charge is 0.491 e. The van der Waals surface area contributed by atoms with Gasteiger partial charge in [-0.2, -0.15) is 0 Å². The van der Waals surface area contributed by atoms with Gasteiger partial charge in [0.15, 0.2) is 0 Å². The maximum absolute atomic E-state index is 13.5. The third-order valence-corrected chi connectivity index (χ3v) is 7.48. The minimum absolute atomic E-state index is 0.0462. The quantitative estimate of drug-likeness (QED) is 0.554. The fraction of sp³-hybridized carbons (Fsp3) is 0.429. The van der Waals surface area contributed by atoms with Crippen molar-refractivity contribution in [1.29, 1.82) is 0 Å². The molecule has 2 aliphatic heterocycles. The van der Waals surface area contributed by atoms with Crippen LogP contribution in [0.5, 0.6) is 5.75 Å². The second-order valence-corrected chi connectivity index (χ2v) is 9.85. The van der Waals surface area contributed by atoms with E-state index >= 15 is 0 Å². The number of aryl methyl sites for hydroxylation is 1. The Morgan fingerprint density at radius 2 is 1.88 bits per heavy atom. The van der Waals surface area contributed by atoms with Crippen molar-refractivity contribution in [1.82, 2.24) is 15.2 Å². The second-order valence-electron chi connectivity index (χ2n) is 9.85. The van der Waals surface area contributed by atoms with E-state index in [1.807, 2.05) is 54.4 Å². The molecule has 1 fully saturated rings. The lowest BCUT2D eigenvalue weighted by molar-refractivity contribution is -0.135. The summed E-state index contributed by atoms with van der Waals surface area (Å²) in [5, 5.41) is 4.25. The molecule has 6 nitrogen and oxygen atoms in total. The fourth-order valence-corrected chi connectivity index (χ4v) is 5.36. The summed E-state index contributed by atoms with van der Waals surface area (Å²) in [6.07, 6.45) is 7.08. The number of carbonyl (C=O) groups is 2. The van der Waals surface area contributed by atoms with Crippen LogP contribution in [0.4, 0.5) is 0 Å². The van der Waals surface area contributed by atoms with Crippen molar-refractivity contribution < 1.29 is 14.3 Å². The summed E-state index contributed by atoms with van der Waals surface area (Å²) in [7, 11) is 0. The number of fused-ring (bicyclic) bond motifs is 2. The van der Waals surface area contributed by atoms with E-state index in [4.69, 9.17) is 4.74 Å². The topological polar surface area (TPSA) is 74.4 Å². The normalized spacial score (nSPS) is 21.1. The Morgan fingerprint density at radius 3 is 2.74 bits per heavy atom. The van der Waals surface area contributed by atoms with Crippen LogP contribution in [0.15, 0.2) is 54.7 Å². The maximum Gasteiger partial charge on any atom is 0.253 e. The zero-order valence-corrected chi connectivity index (χ0v) is 19.8. The molecule has 2 amide bonds. The zero-order valence-electron chi connectivity index (χ0n) is 19.8. The van der Waals surface area contributed by atoms with Gasteiger partial charge in [0.05, 0.1) is 11.5 Å². The lowest BCUT2D eigenvalue weighted by Gasteiger charge is -2.41. The first kappa shape index (κ1) is 22.5. The molecule has 34 heavy (non-hydrogen) atoms. The van der Waals surface area contributed by atoms with Crippen molar-refractivity contribution in [2.45, 2.75) is 51.5 Å². The van der Waals surface area contributed by atoms with Crippen molar-refractivity contribution >= 4 is 22.7 Å². The molecule has 178 valence electrons. The number of benzene rings is 2. The minimum atomic E-state index is -0.422. The van der Waals surface area contributed by atoms with Crippen molar-refractivity contribution in [3.63, 3.8) is 0 Å². The Hall–Kier alpha value is -3.28. The summed E-state index contributed by atoms with van der Waals surface area (Å²) in [5.74, 6) is 1.08. The summed E-state index contributed by atoms with van der Waals surface area (Å²) >= 11 is 0. The van der Waals surface area contributed by atoms with Crippen molar-refractivity contribution in [3.8, 4) is 5.75 Å². The van der Waals surface area contributed by atoms with Gasteiger partial charge in [-0.1, -0.05) is 24.6 Å². The Labute approximate surface area is 200 Å². The van der Waals surface area contributed by atoms with Crippen molar-refractivity contribution in [3.05, 3.63) is 65.9 Å². The van der Waals surface area contributed by atoms with Crippen LogP contribution in [0.25, 0.3) is 10.9 Å². The van der Waals surface area contributed by atoms with Gasteiger partial charge in [0, 0.05) is 35.8 Å². The highest BCUT2D eigenvalue weighted by Crippen LogP contribution is 2.38. The average Bonchev–Trinajstić information content (AvgIpc) is 3.33. The SMILES string of the molecule is C[C@@H]1COc2ccccc2CCCCC2(CCN(C(=O)c3ccc4[nH]ccc4c3)CC2)C(=O)N1. The van der Waals surface area contributed by atoms with Gasteiger partial charge < -0.3 is 19.9 Å². The van der Waals surface area contributed by atoms with E-state index in [1.54, 1.807) is 0 Å². The van der Waals surface area contributed by atoms with Crippen LogP contribution >= 0.6 is 0 Å². The number of piperidine rings is 1. The molecular formula is C28H33N3O3. The fourth-order valence-electron chi connectivity index (χ4n) is 5.36. The molecule has 1 aromatic heterocycles. The van der Waals surface area contributed by atoms with E-state index in [0.717, 1.165) is 42.3 Å². The molecule has 1 spiro atoms. The van der Waals surface area contributed by atoms with E-state index in [-0.39, 0.29) is 17.9 Å². The van der Waals surface area contributed by atoms with Gasteiger partial charge in [0.25, 0.3) is 5.91 Å². The minimum Gasteiger partial charge on any atom is -0.491 e. The molecule has 1 atom stereocenters. The molecule has 3 aromatic rings. The third kappa shape index (κ3) is 4.54. The maximum atomic E-state index is 13.5. The van der Waals surface area contributed by atoms with Gasteiger partial charge in [-0.3, -0.25) is 9.59 Å². The van der Waals surface area contributed by atoms with Crippen molar-refractivity contribution in [2.75, 3.05) is 19.7 Å². The van der Waals surface area contributed by atoms with E-state index in [2.05, 4.69) is 22.4 Å².